The summed E-state index contributed by atoms with van der Waals surface area (Å²) >= 11 is 1.72. The minimum atomic E-state index is -3.50. The second-order valence-electron chi connectivity index (χ2n) is 6.57. The Bertz CT molecular complexity index is 694. The molecule has 0 aromatic heterocycles. The van der Waals surface area contributed by atoms with Crippen LogP contribution in [0.2, 0.25) is 0 Å². The summed E-state index contributed by atoms with van der Waals surface area (Å²) in [5.41, 5.74) is 1.73. The van der Waals surface area contributed by atoms with E-state index < -0.39 is 10.0 Å². The molecule has 0 bridgehead atoms. The van der Waals surface area contributed by atoms with E-state index in [0.29, 0.717) is 19.5 Å². The third-order valence-electron chi connectivity index (χ3n) is 3.57. The molecular formula is C16H24N2O3S2. The number of thioether (sulfide) groups is 1. The van der Waals surface area contributed by atoms with Crippen LogP contribution in [0.4, 0.5) is 5.69 Å². The van der Waals surface area contributed by atoms with Gasteiger partial charge >= 0.3 is 0 Å². The van der Waals surface area contributed by atoms with E-state index >= 15 is 0 Å². The number of anilines is 1. The fourth-order valence-corrected chi connectivity index (χ4v) is 4.52. The molecule has 23 heavy (non-hydrogen) atoms. The number of hydrogen-bond acceptors (Lipinski definition) is 4. The molecule has 1 heterocycles. The highest BCUT2D eigenvalue weighted by Crippen LogP contribution is 2.30. The van der Waals surface area contributed by atoms with Crippen molar-refractivity contribution >= 4 is 33.4 Å². The molecule has 5 nitrogen and oxygen atoms in total. The van der Waals surface area contributed by atoms with E-state index in [0.717, 1.165) is 17.0 Å². The fourth-order valence-electron chi connectivity index (χ4n) is 2.49. The highest BCUT2D eigenvalue weighted by atomic mass is 32.2. The summed E-state index contributed by atoms with van der Waals surface area (Å²) in [7, 11) is -3.50. The number of nitrogens with zero attached hydrogens (tertiary/aromatic N) is 1. The summed E-state index contributed by atoms with van der Waals surface area (Å²) in [5, 5.41) is 0. The van der Waals surface area contributed by atoms with E-state index in [-0.39, 0.29) is 15.5 Å². The van der Waals surface area contributed by atoms with Gasteiger partial charge in [-0.1, -0.05) is 20.8 Å². The number of hydrogen-bond donors (Lipinski definition) is 1. The fraction of sp³-hybridized carbons (Fsp3) is 0.562. The summed E-state index contributed by atoms with van der Waals surface area (Å²) in [6.45, 7) is 8.85. The molecule has 1 aromatic carbocycles. The maximum Gasteiger partial charge on any atom is 0.240 e. The topological polar surface area (TPSA) is 66.5 Å². The zero-order valence-corrected chi connectivity index (χ0v) is 15.7. The predicted octanol–water partition coefficient (Wildman–Crippen LogP) is 2.41. The molecule has 0 saturated heterocycles. The molecule has 128 valence electrons. The lowest BCUT2D eigenvalue weighted by molar-refractivity contribution is -0.116. The van der Waals surface area contributed by atoms with Crippen LogP contribution in [-0.2, 0) is 21.2 Å². The van der Waals surface area contributed by atoms with Crippen molar-refractivity contribution in [1.82, 2.24) is 4.72 Å². The van der Waals surface area contributed by atoms with Gasteiger partial charge in [0.2, 0.25) is 15.9 Å². The Kier molecular flexibility index (Phi) is 5.43. The Hall–Kier alpha value is -1.05. The summed E-state index contributed by atoms with van der Waals surface area (Å²) in [5.74, 6) is 0.711. The second kappa shape index (κ2) is 6.83. The van der Waals surface area contributed by atoms with Gasteiger partial charge in [-0.05, 0) is 30.2 Å². The molecule has 1 N–H and O–H groups in total. The highest BCUT2D eigenvalue weighted by molar-refractivity contribution is 8.00. The van der Waals surface area contributed by atoms with Crippen molar-refractivity contribution in [3.63, 3.8) is 0 Å². The number of fused-ring (bicyclic) bond motifs is 1. The number of nitrogens with one attached hydrogen (secondary N) is 1. The molecule has 0 radical (unpaired) electrons. The Balaban J connectivity index is 2.05. The van der Waals surface area contributed by atoms with E-state index in [1.807, 2.05) is 0 Å². The van der Waals surface area contributed by atoms with E-state index in [1.54, 1.807) is 34.9 Å². The number of carbonyl (C=O) groups excluding carboxylic acids is 1. The lowest BCUT2D eigenvalue weighted by atomic mass is 10.2. The van der Waals surface area contributed by atoms with Gasteiger partial charge in [-0.3, -0.25) is 4.79 Å². The smallest absolute Gasteiger partial charge is 0.240 e. The Morgan fingerprint density at radius 1 is 1.35 bits per heavy atom. The van der Waals surface area contributed by atoms with Gasteiger partial charge in [0.05, 0.1) is 4.90 Å². The summed E-state index contributed by atoms with van der Waals surface area (Å²) in [4.78, 5) is 13.5. The molecule has 0 spiro atoms. The zero-order valence-electron chi connectivity index (χ0n) is 14.0. The minimum absolute atomic E-state index is 0.0170. The molecule has 0 atom stereocenters. The molecule has 0 fully saturated rings. The Morgan fingerprint density at radius 2 is 2.04 bits per heavy atom. The van der Waals surface area contributed by atoms with Crippen LogP contribution in [0.5, 0.6) is 0 Å². The first-order valence-corrected chi connectivity index (χ1v) is 10.1. The summed E-state index contributed by atoms with van der Waals surface area (Å²) in [6.07, 6.45) is 0.693. The van der Waals surface area contributed by atoms with Gasteiger partial charge < -0.3 is 4.90 Å². The van der Waals surface area contributed by atoms with E-state index in [1.165, 1.54) is 6.92 Å². The molecule has 1 aromatic rings. The SMILES string of the molecule is CC(=O)N1CCc2cc(S(=O)(=O)NCCSC(C)(C)C)ccc21. The van der Waals surface area contributed by atoms with Gasteiger partial charge in [0, 0.05) is 36.2 Å². The van der Waals surface area contributed by atoms with Crippen molar-refractivity contribution in [2.24, 2.45) is 0 Å². The van der Waals surface area contributed by atoms with Crippen LogP contribution in [0.25, 0.3) is 0 Å². The van der Waals surface area contributed by atoms with Crippen molar-refractivity contribution in [3.8, 4) is 0 Å². The molecule has 0 unspecified atom stereocenters. The third kappa shape index (κ3) is 4.71. The van der Waals surface area contributed by atoms with Crippen molar-refractivity contribution < 1.29 is 13.2 Å². The van der Waals surface area contributed by atoms with Crippen LogP contribution in [-0.4, -0.2) is 37.9 Å². The number of amides is 1. The first-order chi connectivity index (χ1) is 10.6. The highest BCUT2D eigenvalue weighted by Gasteiger charge is 2.24. The molecule has 2 rings (SSSR count). The number of benzene rings is 1. The minimum Gasteiger partial charge on any atom is -0.312 e. The first kappa shape index (κ1) is 18.3. The lowest BCUT2D eigenvalue weighted by Gasteiger charge is -2.17. The maximum atomic E-state index is 12.4. The van der Waals surface area contributed by atoms with Gasteiger partial charge in [-0.15, -0.1) is 0 Å². The van der Waals surface area contributed by atoms with Gasteiger partial charge in [0.15, 0.2) is 0 Å². The van der Waals surface area contributed by atoms with Crippen LogP contribution in [0.15, 0.2) is 23.1 Å². The molecule has 0 aliphatic carbocycles. The Morgan fingerprint density at radius 3 is 2.65 bits per heavy atom. The van der Waals surface area contributed by atoms with Gasteiger partial charge in [0.1, 0.15) is 0 Å². The molecule has 1 aliphatic heterocycles. The predicted molar refractivity (Wildman–Crippen MR) is 95.6 cm³/mol. The number of sulfonamides is 1. The monoisotopic (exact) mass is 356 g/mol. The second-order valence-corrected chi connectivity index (χ2v) is 10.3. The molecule has 0 saturated carbocycles. The maximum absolute atomic E-state index is 12.4. The van der Waals surface area contributed by atoms with E-state index in [9.17, 15) is 13.2 Å². The Labute approximate surface area is 142 Å². The van der Waals surface area contributed by atoms with Crippen molar-refractivity contribution in [2.75, 3.05) is 23.7 Å². The molecule has 1 amide bonds. The standard InChI is InChI=1S/C16H24N2O3S2/c1-12(19)18-9-7-13-11-14(5-6-15(13)18)23(20,21)17-8-10-22-16(2,3)4/h5-6,11,17H,7-10H2,1-4H3. The van der Waals surface area contributed by atoms with Crippen molar-refractivity contribution in [3.05, 3.63) is 23.8 Å². The van der Waals surface area contributed by atoms with Crippen LogP contribution in [0, 0.1) is 0 Å². The third-order valence-corrected chi connectivity index (χ3v) is 6.30. The molecule has 7 heteroatoms. The van der Waals surface area contributed by atoms with Crippen LogP contribution >= 0.6 is 11.8 Å². The zero-order chi connectivity index (χ0) is 17.3. The average Bonchev–Trinajstić information content (AvgIpc) is 2.85. The van der Waals surface area contributed by atoms with E-state index in [2.05, 4.69) is 25.5 Å². The van der Waals surface area contributed by atoms with Crippen molar-refractivity contribution in [2.45, 2.75) is 43.8 Å². The summed E-state index contributed by atoms with van der Waals surface area (Å²) < 4.78 is 27.5. The van der Waals surface area contributed by atoms with Gasteiger partial charge in [0.25, 0.3) is 0 Å². The van der Waals surface area contributed by atoms with Crippen molar-refractivity contribution in [1.29, 1.82) is 0 Å². The normalized spacial score (nSPS) is 14.9. The molecular weight excluding hydrogens is 332 g/mol. The molecule has 1 aliphatic rings. The van der Waals surface area contributed by atoms with Crippen LogP contribution in [0.1, 0.15) is 33.3 Å². The average molecular weight is 357 g/mol. The number of carbonyl (C=O) groups is 1. The quantitative estimate of drug-likeness (QED) is 0.823. The number of rotatable bonds is 5. The largest absolute Gasteiger partial charge is 0.312 e. The first-order valence-electron chi connectivity index (χ1n) is 7.65. The lowest BCUT2D eigenvalue weighted by Crippen LogP contribution is -2.27. The van der Waals surface area contributed by atoms with Gasteiger partial charge in [-0.25, -0.2) is 13.1 Å². The van der Waals surface area contributed by atoms with E-state index in [4.69, 9.17) is 0 Å². The van der Waals surface area contributed by atoms with Crippen LogP contribution < -0.4 is 9.62 Å². The van der Waals surface area contributed by atoms with Crippen LogP contribution in [0.3, 0.4) is 0 Å². The summed E-state index contributed by atoms with van der Waals surface area (Å²) in [6, 6.07) is 4.97. The van der Waals surface area contributed by atoms with Gasteiger partial charge in [-0.2, -0.15) is 11.8 Å².